The van der Waals surface area contributed by atoms with Crippen molar-refractivity contribution in [1.29, 1.82) is 0 Å². The maximum atomic E-state index is 12.2. The zero-order valence-corrected chi connectivity index (χ0v) is 15.0. The summed E-state index contributed by atoms with van der Waals surface area (Å²) in [5.74, 6) is 1.17. The van der Waals surface area contributed by atoms with E-state index in [1.807, 2.05) is 6.92 Å². The highest BCUT2D eigenvalue weighted by atomic mass is 32.2. The molecule has 1 amide bonds. The van der Waals surface area contributed by atoms with Crippen molar-refractivity contribution in [2.75, 3.05) is 31.1 Å². The third kappa shape index (κ3) is 5.18. The zero-order valence-electron chi connectivity index (χ0n) is 13.4. The summed E-state index contributed by atoms with van der Waals surface area (Å²) in [4.78, 5) is 16.4. The number of nitrogens with zero attached hydrogens (tertiary/aromatic N) is 3. The first kappa shape index (κ1) is 18.2. The molecule has 8 nitrogen and oxygen atoms in total. The van der Waals surface area contributed by atoms with E-state index in [-0.39, 0.29) is 24.1 Å². The Morgan fingerprint density at radius 2 is 2.30 bits per heavy atom. The molecule has 10 heteroatoms. The molecule has 0 radical (unpaired) electrons. The zero-order chi connectivity index (χ0) is 16.9. The van der Waals surface area contributed by atoms with Gasteiger partial charge in [-0.05, 0) is 26.7 Å². The van der Waals surface area contributed by atoms with Crippen molar-refractivity contribution in [3.8, 4) is 0 Å². The van der Waals surface area contributed by atoms with Crippen LogP contribution in [-0.2, 0) is 14.8 Å². The number of hydrogen-bond acceptors (Lipinski definition) is 6. The highest BCUT2D eigenvalue weighted by molar-refractivity contribution is 7.99. The molecule has 0 spiro atoms. The lowest BCUT2D eigenvalue weighted by Crippen LogP contribution is -2.46. The van der Waals surface area contributed by atoms with Crippen LogP contribution in [0.5, 0.6) is 0 Å². The summed E-state index contributed by atoms with van der Waals surface area (Å²) in [7, 11) is -3.22. The first-order valence-electron chi connectivity index (χ1n) is 7.69. The minimum absolute atomic E-state index is 0.0761. The van der Waals surface area contributed by atoms with E-state index in [2.05, 4.69) is 20.5 Å². The van der Waals surface area contributed by atoms with Gasteiger partial charge in [-0.3, -0.25) is 9.89 Å². The van der Waals surface area contributed by atoms with Gasteiger partial charge in [0.1, 0.15) is 5.82 Å². The van der Waals surface area contributed by atoms with Gasteiger partial charge < -0.3 is 5.32 Å². The fraction of sp³-hybridized carbons (Fsp3) is 0.769. The van der Waals surface area contributed by atoms with E-state index in [4.69, 9.17) is 0 Å². The normalized spacial score (nSPS) is 19.7. The van der Waals surface area contributed by atoms with Gasteiger partial charge in [-0.2, -0.15) is 0 Å². The number of carbonyl (C=O) groups is 1. The van der Waals surface area contributed by atoms with Crippen LogP contribution in [0.2, 0.25) is 0 Å². The Bertz CT molecular complexity index is 631. The molecular formula is C13H23N5O3S2. The summed E-state index contributed by atoms with van der Waals surface area (Å²) >= 11 is 1.46. The van der Waals surface area contributed by atoms with Gasteiger partial charge in [-0.1, -0.05) is 11.8 Å². The second-order valence-corrected chi connectivity index (χ2v) is 8.76. The maximum absolute atomic E-state index is 12.2. The Morgan fingerprint density at radius 3 is 2.96 bits per heavy atom. The molecule has 1 atom stereocenters. The Balaban J connectivity index is 1.74. The third-order valence-corrected chi connectivity index (χ3v) is 6.42. The fourth-order valence-corrected chi connectivity index (χ4v) is 4.32. The van der Waals surface area contributed by atoms with Gasteiger partial charge in [0.15, 0.2) is 0 Å². The van der Waals surface area contributed by atoms with Crippen LogP contribution in [0.3, 0.4) is 0 Å². The topological polar surface area (TPSA) is 108 Å². The Kier molecular flexibility index (Phi) is 6.42. The van der Waals surface area contributed by atoms with Crippen molar-refractivity contribution in [3.63, 3.8) is 0 Å². The summed E-state index contributed by atoms with van der Waals surface area (Å²) in [6, 6.07) is 0. The van der Waals surface area contributed by atoms with Crippen molar-refractivity contribution in [3.05, 3.63) is 5.82 Å². The molecule has 1 aliphatic heterocycles. The van der Waals surface area contributed by atoms with Gasteiger partial charge in [-0.25, -0.2) is 17.7 Å². The minimum atomic E-state index is -3.22. The Hall–Kier alpha value is -1.13. The number of aromatic amines is 1. The second-order valence-electron chi connectivity index (χ2n) is 5.44. The predicted molar refractivity (Wildman–Crippen MR) is 88.6 cm³/mol. The number of carbonyl (C=O) groups excluding carboxylic acids is 1. The molecule has 0 aromatic carbocycles. The molecule has 0 saturated carbocycles. The van der Waals surface area contributed by atoms with Crippen LogP contribution in [-0.4, -0.2) is 65.0 Å². The van der Waals surface area contributed by atoms with Crippen molar-refractivity contribution in [2.45, 2.75) is 31.8 Å². The maximum Gasteiger partial charge on any atom is 0.224 e. The molecule has 2 N–H and O–H groups in total. The van der Waals surface area contributed by atoms with Gasteiger partial charge in [0.05, 0.1) is 11.7 Å². The van der Waals surface area contributed by atoms with Crippen LogP contribution in [0.1, 0.15) is 25.6 Å². The van der Waals surface area contributed by atoms with Crippen LogP contribution in [0, 0.1) is 12.8 Å². The van der Waals surface area contributed by atoms with E-state index in [9.17, 15) is 13.2 Å². The lowest BCUT2D eigenvalue weighted by Gasteiger charge is -2.30. The molecule has 2 rings (SSSR count). The number of amides is 1. The average molecular weight is 361 g/mol. The molecule has 1 aromatic rings. The van der Waals surface area contributed by atoms with Crippen molar-refractivity contribution in [1.82, 2.24) is 24.8 Å². The number of hydrogen-bond donors (Lipinski definition) is 2. The molecular weight excluding hydrogens is 338 g/mol. The Morgan fingerprint density at radius 1 is 1.52 bits per heavy atom. The molecule has 130 valence electrons. The lowest BCUT2D eigenvalue weighted by molar-refractivity contribution is -0.125. The van der Waals surface area contributed by atoms with E-state index < -0.39 is 10.0 Å². The number of rotatable bonds is 7. The molecule has 2 heterocycles. The number of sulfonamides is 1. The number of aryl methyl sites for hydroxylation is 1. The Labute approximate surface area is 140 Å². The molecule has 1 fully saturated rings. The number of nitrogens with one attached hydrogen (secondary N) is 2. The molecule has 23 heavy (non-hydrogen) atoms. The highest BCUT2D eigenvalue weighted by Crippen LogP contribution is 2.19. The summed E-state index contributed by atoms with van der Waals surface area (Å²) in [5.41, 5.74) is 0. The largest absolute Gasteiger partial charge is 0.355 e. The summed E-state index contributed by atoms with van der Waals surface area (Å²) in [6.07, 6.45) is 1.46. The quantitative estimate of drug-likeness (QED) is 0.537. The van der Waals surface area contributed by atoms with Crippen LogP contribution < -0.4 is 5.32 Å². The van der Waals surface area contributed by atoms with E-state index in [1.165, 1.54) is 16.1 Å². The predicted octanol–water partition coefficient (Wildman–Crippen LogP) is 0.383. The van der Waals surface area contributed by atoms with Crippen LogP contribution >= 0.6 is 11.8 Å². The van der Waals surface area contributed by atoms with Crippen LogP contribution in [0.15, 0.2) is 5.16 Å². The van der Waals surface area contributed by atoms with E-state index in [0.29, 0.717) is 24.0 Å². The van der Waals surface area contributed by atoms with Crippen molar-refractivity contribution < 1.29 is 13.2 Å². The average Bonchev–Trinajstić information content (AvgIpc) is 2.97. The first-order valence-corrected chi connectivity index (χ1v) is 10.3. The minimum Gasteiger partial charge on any atom is -0.355 e. The second kappa shape index (κ2) is 8.11. The molecule has 1 aliphatic rings. The molecule has 1 aromatic heterocycles. The monoisotopic (exact) mass is 361 g/mol. The molecule has 0 aliphatic carbocycles. The summed E-state index contributed by atoms with van der Waals surface area (Å²) in [5, 5.41) is 10.3. The van der Waals surface area contributed by atoms with Crippen molar-refractivity contribution >= 4 is 27.7 Å². The van der Waals surface area contributed by atoms with Gasteiger partial charge in [0.2, 0.25) is 21.1 Å². The summed E-state index contributed by atoms with van der Waals surface area (Å²) < 4.78 is 25.3. The lowest BCUT2D eigenvalue weighted by atomic mass is 9.99. The third-order valence-electron chi connectivity index (χ3n) is 3.72. The number of aromatic nitrogens is 3. The number of piperidine rings is 1. The SMILES string of the molecule is CCS(=O)(=O)N1CCC[C@H](C(=O)NCCSc2n[nH]c(C)n2)C1. The smallest absolute Gasteiger partial charge is 0.224 e. The van der Waals surface area contributed by atoms with E-state index in [0.717, 1.165) is 18.7 Å². The standard InChI is InChI=1S/C13H23N5O3S2/c1-3-23(20,21)18-7-4-5-11(9-18)12(19)14-6-8-22-13-15-10(2)16-17-13/h11H,3-9H2,1-2H3,(H,14,19)(H,15,16,17)/t11-/m0/s1. The van der Waals surface area contributed by atoms with Crippen LogP contribution in [0.25, 0.3) is 0 Å². The van der Waals surface area contributed by atoms with Gasteiger partial charge in [-0.15, -0.1) is 5.10 Å². The number of H-pyrrole nitrogens is 1. The fourth-order valence-electron chi connectivity index (χ4n) is 2.44. The molecule has 0 bridgehead atoms. The molecule has 1 saturated heterocycles. The molecule has 0 unspecified atom stereocenters. The number of thioether (sulfide) groups is 1. The van der Waals surface area contributed by atoms with Crippen molar-refractivity contribution in [2.24, 2.45) is 5.92 Å². The highest BCUT2D eigenvalue weighted by Gasteiger charge is 2.31. The van der Waals surface area contributed by atoms with Crippen LogP contribution in [0.4, 0.5) is 0 Å². The van der Waals surface area contributed by atoms with E-state index >= 15 is 0 Å². The summed E-state index contributed by atoms with van der Waals surface area (Å²) in [6.45, 7) is 4.77. The first-order chi connectivity index (χ1) is 10.9. The van der Waals surface area contributed by atoms with Gasteiger partial charge >= 0.3 is 0 Å². The van der Waals surface area contributed by atoms with Gasteiger partial charge in [0.25, 0.3) is 0 Å². The van der Waals surface area contributed by atoms with E-state index in [1.54, 1.807) is 6.92 Å². The van der Waals surface area contributed by atoms with Gasteiger partial charge in [0, 0.05) is 25.4 Å².